The van der Waals surface area contributed by atoms with Crippen molar-refractivity contribution in [2.45, 2.75) is 5.92 Å². The van der Waals surface area contributed by atoms with Crippen LogP contribution in [0, 0.1) is 0 Å². The summed E-state index contributed by atoms with van der Waals surface area (Å²) < 4.78 is 6.02. The fourth-order valence-corrected chi connectivity index (χ4v) is 4.80. The van der Waals surface area contributed by atoms with E-state index in [-0.39, 0.29) is 11.0 Å². The van der Waals surface area contributed by atoms with E-state index in [1.807, 2.05) is 97.1 Å². The number of benzene rings is 5. The van der Waals surface area contributed by atoms with Gasteiger partial charge in [-0.2, -0.15) is 0 Å². The van der Waals surface area contributed by atoms with Crippen molar-refractivity contribution in [3.05, 3.63) is 132 Å². The third kappa shape index (κ3) is 4.90. The molecule has 0 aliphatic heterocycles. The van der Waals surface area contributed by atoms with E-state index in [0.717, 1.165) is 27.5 Å². The minimum absolute atomic E-state index is 0.207. The van der Waals surface area contributed by atoms with E-state index in [1.165, 1.54) is 0 Å². The number of thiocarbonyl (C=S) groups is 1. The van der Waals surface area contributed by atoms with E-state index in [1.54, 1.807) is 0 Å². The maximum atomic E-state index is 13.3. The number of aromatic nitrogens is 1. The van der Waals surface area contributed by atoms with Crippen molar-refractivity contribution in [2.75, 3.05) is 5.32 Å². The molecule has 1 heterocycles. The van der Waals surface area contributed by atoms with Gasteiger partial charge in [0.25, 0.3) is 0 Å². The second-order valence-electron chi connectivity index (χ2n) is 8.96. The lowest BCUT2D eigenvalue weighted by molar-refractivity contribution is -0.120. The first-order valence-electron chi connectivity index (χ1n) is 12.3. The molecule has 1 amide bonds. The number of hydrogen-bond donors (Lipinski definition) is 2. The summed E-state index contributed by atoms with van der Waals surface area (Å²) in [5.74, 6) is -0.145. The van der Waals surface area contributed by atoms with Crippen LogP contribution in [0.5, 0.6) is 0 Å². The van der Waals surface area contributed by atoms with Gasteiger partial charge in [0.15, 0.2) is 10.7 Å². The maximum absolute atomic E-state index is 13.3. The Morgan fingerprint density at radius 3 is 2.11 bits per heavy atom. The highest BCUT2D eigenvalue weighted by atomic mass is 32.1. The average molecular weight is 514 g/mol. The molecule has 38 heavy (non-hydrogen) atoms. The summed E-state index contributed by atoms with van der Waals surface area (Å²) in [5, 5.41) is 8.47. The van der Waals surface area contributed by atoms with Gasteiger partial charge in [-0.3, -0.25) is 4.79 Å². The lowest BCUT2D eigenvalue weighted by Gasteiger charge is -2.18. The first-order chi connectivity index (χ1) is 18.6. The highest BCUT2D eigenvalue weighted by Gasteiger charge is 2.23. The normalized spacial score (nSPS) is 11.1. The van der Waals surface area contributed by atoms with Crippen LogP contribution in [0.3, 0.4) is 0 Å². The van der Waals surface area contributed by atoms with Crippen LogP contribution < -0.4 is 10.6 Å². The molecule has 0 bridgehead atoms. The van der Waals surface area contributed by atoms with E-state index in [2.05, 4.69) is 39.9 Å². The molecule has 6 aromatic rings. The molecule has 0 unspecified atom stereocenters. The Balaban J connectivity index is 1.20. The SMILES string of the molecule is O=C(NC(=S)Nc1ccc2oc(-c3ccc4ccccc4c3)nc2c1)C(c1ccccc1)c1ccccc1. The molecule has 6 heteroatoms. The number of nitrogens with zero attached hydrogens (tertiary/aromatic N) is 1. The number of fused-ring (bicyclic) bond motifs is 2. The van der Waals surface area contributed by atoms with Gasteiger partial charge in [0.2, 0.25) is 11.8 Å². The zero-order valence-electron chi connectivity index (χ0n) is 20.3. The molecule has 1 aromatic heterocycles. The Bertz CT molecular complexity index is 1720. The van der Waals surface area contributed by atoms with Gasteiger partial charge >= 0.3 is 0 Å². The van der Waals surface area contributed by atoms with Gasteiger partial charge in [0, 0.05) is 11.3 Å². The molecule has 5 nitrogen and oxygen atoms in total. The number of hydrogen-bond acceptors (Lipinski definition) is 4. The van der Waals surface area contributed by atoms with Crippen molar-refractivity contribution < 1.29 is 9.21 Å². The van der Waals surface area contributed by atoms with Gasteiger partial charge in [0.1, 0.15) is 5.52 Å². The van der Waals surface area contributed by atoms with Crippen molar-refractivity contribution in [3.8, 4) is 11.5 Å². The van der Waals surface area contributed by atoms with Crippen LogP contribution in [0.2, 0.25) is 0 Å². The van der Waals surface area contributed by atoms with Gasteiger partial charge in [-0.25, -0.2) is 4.98 Å². The Hall–Kier alpha value is -4.81. The smallest absolute Gasteiger partial charge is 0.238 e. The second kappa shape index (κ2) is 10.3. The molecule has 0 aliphatic rings. The highest BCUT2D eigenvalue weighted by Crippen LogP contribution is 2.29. The lowest BCUT2D eigenvalue weighted by Crippen LogP contribution is -2.37. The first-order valence-corrected chi connectivity index (χ1v) is 12.7. The molecule has 5 aromatic carbocycles. The molecular weight excluding hydrogens is 490 g/mol. The van der Waals surface area contributed by atoms with Crippen LogP contribution >= 0.6 is 12.2 Å². The lowest BCUT2D eigenvalue weighted by atomic mass is 9.90. The summed E-state index contributed by atoms with van der Waals surface area (Å²) in [6.45, 7) is 0. The molecule has 184 valence electrons. The quantitative estimate of drug-likeness (QED) is 0.237. The Morgan fingerprint density at radius 1 is 0.737 bits per heavy atom. The number of oxazole rings is 1. The van der Waals surface area contributed by atoms with E-state index in [4.69, 9.17) is 16.6 Å². The summed E-state index contributed by atoms with van der Waals surface area (Å²) in [7, 11) is 0. The van der Waals surface area contributed by atoms with Crippen LogP contribution in [0.25, 0.3) is 33.3 Å². The molecule has 0 atom stereocenters. The number of amides is 1. The molecule has 0 radical (unpaired) electrons. The fraction of sp³-hybridized carbons (Fsp3) is 0.0312. The summed E-state index contributed by atoms with van der Waals surface area (Å²) in [6.07, 6.45) is 0. The zero-order valence-corrected chi connectivity index (χ0v) is 21.1. The van der Waals surface area contributed by atoms with Gasteiger partial charge in [-0.05, 0) is 64.4 Å². The van der Waals surface area contributed by atoms with Crippen molar-refractivity contribution in [1.82, 2.24) is 10.3 Å². The summed E-state index contributed by atoms with van der Waals surface area (Å²) >= 11 is 5.49. The largest absolute Gasteiger partial charge is 0.436 e. The van der Waals surface area contributed by atoms with Gasteiger partial charge in [0.05, 0.1) is 5.92 Å². The van der Waals surface area contributed by atoms with Crippen molar-refractivity contribution in [2.24, 2.45) is 0 Å². The van der Waals surface area contributed by atoms with E-state index in [9.17, 15) is 4.79 Å². The molecule has 0 spiro atoms. The molecule has 6 rings (SSSR count). The number of rotatable bonds is 5. The number of carbonyl (C=O) groups excluding carboxylic acids is 1. The number of nitrogens with one attached hydrogen (secondary N) is 2. The van der Waals surface area contributed by atoms with Crippen molar-refractivity contribution in [3.63, 3.8) is 0 Å². The minimum atomic E-state index is -0.486. The van der Waals surface area contributed by atoms with Gasteiger partial charge in [-0.1, -0.05) is 91.0 Å². The molecule has 0 aliphatic carbocycles. The average Bonchev–Trinajstić information content (AvgIpc) is 3.37. The summed E-state index contributed by atoms with van der Waals surface area (Å²) in [5.41, 5.74) is 4.76. The molecular formula is C32H23N3O2S. The van der Waals surface area contributed by atoms with Crippen LogP contribution in [-0.2, 0) is 4.79 Å². The number of carbonyl (C=O) groups is 1. The van der Waals surface area contributed by atoms with E-state index < -0.39 is 5.92 Å². The zero-order chi connectivity index (χ0) is 25.9. The maximum Gasteiger partial charge on any atom is 0.238 e. The predicted octanol–water partition coefficient (Wildman–Crippen LogP) is 7.29. The summed E-state index contributed by atoms with van der Waals surface area (Å²) in [6, 6.07) is 39.2. The Morgan fingerprint density at radius 2 is 1.39 bits per heavy atom. The van der Waals surface area contributed by atoms with Gasteiger partial charge < -0.3 is 15.1 Å². The van der Waals surface area contributed by atoms with E-state index in [0.29, 0.717) is 22.7 Å². The standard InChI is InChI=1S/C32H23N3O2S/c36-30(29(22-10-3-1-4-11-22)23-12-5-2-6-13-23)35-32(38)33-26-17-18-28-27(20-26)34-31(37-28)25-16-15-21-9-7-8-14-24(21)19-25/h1-20,29H,(H2,33,35,36,38). The Kier molecular flexibility index (Phi) is 6.38. The monoisotopic (exact) mass is 513 g/mol. The predicted molar refractivity (Wildman–Crippen MR) is 156 cm³/mol. The fourth-order valence-electron chi connectivity index (χ4n) is 4.58. The molecule has 0 saturated carbocycles. The van der Waals surface area contributed by atoms with Crippen LogP contribution in [0.1, 0.15) is 17.0 Å². The topological polar surface area (TPSA) is 67.2 Å². The van der Waals surface area contributed by atoms with Crippen molar-refractivity contribution in [1.29, 1.82) is 0 Å². The number of anilines is 1. The third-order valence-corrected chi connectivity index (χ3v) is 6.61. The van der Waals surface area contributed by atoms with Crippen molar-refractivity contribution >= 4 is 50.8 Å². The van der Waals surface area contributed by atoms with Crippen LogP contribution in [0.15, 0.2) is 126 Å². The van der Waals surface area contributed by atoms with Gasteiger partial charge in [-0.15, -0.1) is 0 Å². The molecule has 2 N–H and O–H groups in total. The first kappa shape index (κ1) is 23.6. The van der Waals surface area contributed by atoms with Crippen LogP contribution in [-0.4, -0.2) is 16.0 Å². The van der Waals surface area contributed by atoms with Crippen LogP contribution in [0.4, 0.5) is 5.69 Å². The minimum Gasteiger partial charge on any atom is -0.436 e. The Labute approximate surface area is 225 Å². The second-order valence-corrected chi connectivity index (χ2v) is 9.37. The molecule has 0 fully saturated rings. The third-order valence-electron chi connectivity index (χ3n) is 6.41. The summed E-state index contributed by atoms with van der Waals surface area (Å²) in [4.78, 5) is 18.0. The van der Waals surface area contributed by atoms with E-state index >= 15 is 0 Å². The highest BCUT2D eigenvalue weighted by molar-refractivity contribution is 7.80. The molecule has 0 saturated heterocycles.